The number of rotatable bonds is 3. The molecule has 23 heavy (non-hydrogen) atoms. The van der Waals surface area contributed by atoms with Gasteiger partial charge in [0, 0.05) is 10.1 Å². The van der Waals surface area contributed by atoms with Crippen molar-refractivity contribution < 1.29 is 9.18 Å². The Hall–Kier alpha value is -1.80. The predicted molar refractivity (Wildman–Crippen MR) is 99.0 cm³/mol. The molecule has 0 radical (unpaired) electrons. The second-order valence-electron chi connectivity index (χ2n) is 4.77. The lowest BCUT2D eigenvalue weighted by molar-refractivity contribution is 0.0997. The number of aromatic nitrogens is 1. The fourth-order valence-electron chi connectivity index (χ4n) is 2.25. The van der Waals surface area contributed by atoms with Crippen LogP contribution in [0.3, 0.4) is 0 Å². The van der Waals surface area contributed by atoms with Gasteiger partial charge in [-0.15, -0.1) is 6.58 Å². The van der Waals surface area contributed by atoms with Crippen molar-refractivity contribution in [3.63, 3.8) is 0 Å². The summed E-state index contributed by atoms with van der Waals surface area (Å²) in [7, 11) is 0. The standard InChI is InChI=1S/C17H12FIN2OS/c1-2-10-21-15-12(18)7-5-9-14(15)23-17(21)20-16(22)11-6-3-4-8-13(11)19/h2-9H,1,10H2. The van der Waals surface area contributed by atoms with Crippen molar-refractivity contribution in [1.82, 2.24) is 4.57 Å². The van der Waals surface area contributed by atoms with Crippen LogP contribution in [-0.4, -0.2) is 10.5 Å². The number of carbonyl (C=O) groups is 1. The number of amides is 1. The van der Waals surface area contributed by atoms with Crippen molar-refractivity contribution in [1.29, 1.82) is 0 Å². The molecule has 0 bridgehead atoms. The second kappa shape index (κ2) is 6.76. The molecular weight excluding hydrogens is 426 g/mol. The zero-order valence-electron chi connectivity index (χ0n) is 12.0. The van der Waals surface area contributed by atoms with Gasteiger partial charge < -0.3 is 4.57 Å². The highest BCUT2D eigenvalue weighted by Gasteiger charge is 2.12. The van der Waals surface area contributed by atoms with Crippen LogP contribution in [0.2, 0.25) is 0 Å². The van der Waals surface area contributed by atoms with Crippen molar-refractivity contribution in [3.05, 3.63) is 74.9 Å². The molecule has 0 aliphatic carbocycles. The molecule has 0 fully saturated rings. The van der Waals surface area contributed by atoms with Gasteiger partial charge in [0.1, 0.15) is 5.82 Å². The van der Waals surface area contributed by atoms with Crippen molar-refractivity contribution in [3.8, 4) is 0 Å². The summed E-state index contributed by atoms with van der Waals surface area (Å²) >= 11 is 3.39. The maximum atomic E-state index is 14.1. The Morgan fingerprint density at radius 1 is 1.30 bits per heavy atom. The number of nitrogens with zero attached hydrogens (tertiary/aromatic N) is 2. The first-order valence-corrected chi connectivity index (χ1v) is 8.73. The number of carbonyl (C=O) groups excluding carboxylic acids is 1. The van der Waals surface area contributed by atoms with E-state index in [9.17, 15) is 9.18 Å². The molecule has 0 aliphatic heterocycles. The lowest BCUT2D eigenvalue weighted by Crippen LogP contribution is -2.17. The molecule has 0 spiro atoms. The average Bonchev–Trinajstić information content (AvgIpc) is 2.87. The molecule has 116 valence electrons. The number of hydrogen-bond donors (Lipinski definition) is 0. The largest absolute Gasteiger partial charge is 0.310 e. The SMILES string of the molecule is C=CCn1c(=NC(=O)c2ccccc2I)sc2cccc(F)c21. The summed E-state index contributed by atoms with van der Waals surface area (Å²) < 4.78 is 17.4. The van der Waals surface area contributed by atoms with E-state index < -0.39 is 0 Å². The Bertz CT molecular complexity index is 974. The normalized spacial score (nSPS) is 11.8. The van der Waals surface area contributed by atoms with E-state index in [0.717, 1.165) is 8.27 Å². The molecule has 0 aliphatic rings. The van der Waals surface area contributed by atoms with Crippen molar-refractivity contribution >= 4 is 50.1 Å². The minimum Gasteiger partial charge on any atom is -0.310 e. The molecule has 3 rings (SSSR count). The molecule has 0 unspecified atom stereocenters. The second-order valence-corrected chi connectivity index (χ2v) is 6.94. The summed E-state index contributed by atoms with van der Waals surface area (Å²) in [5, 5.41) is 0. The lowest BCUT2D eigenvalue weighted by Gasteiger charge is -2.02. The van der Waals surface area contributed by atoms with Crippen LogP contribution in [-0.2, 0) is 6.54 Å². The number of fused-ring (bicyclic) bond motifs is 1. The van der Waals surface area contributed by atoms with Gasteiger partial charge in [-0.2, -0.15) is 4.99 Å². The first-order chi connectivity index (χ1) is 11.1. The molecule has 0 N–H and O–H groups in total. The van der Waals surface area contributed by atoms with Crippen LogP contribution >= 0.6 is 33.9 Å². The van der Waals surface area contributed by atoms with Gasteiger partial charge >= 0.3 is 0 Å². The van der Waals surface area contributed by atoms with E-state index in [-0.39, 0.29) is 11.7 Å². The minimum absolute atomic E-state index is 0.330. The summed E-state index contributed by atoms with van der Waals surface area (Å²) in [6.45, 7) is 4.09. The fraction of sp³-hybridized carbons (Fsp3) is 0.0588. The first-order valence-electron chi connectivity index (χ1n) is 6.84. The number of benzene rings is 2. The maximum Gasteiger partial charge on any atom is 0.280 e. The van der Waals surface area contributed by atoms with Crippen LogP contribution in [0.15, 0.2) is 60.1 Å². The quantitative estimate of drug-likeness (QED) is 0.442. The van der Waals surface area contributed by atoms with Crippen molar-refractivity contribution in [2.45, 2.75) is 6.54 Å². The van der Waals surface area contributed by atoms with Crippen LogP contribution < -0.4 is 4.80 Å². The average molecular weight is 438 g/mol. The van der Waals surface area contributed by atoms with Crippen LogP contribution in [0, 0.1) is 9.39 Å². The topological polar surface area (TPSA) is 34.4 Å². The fourth-order valence-corrected chi connectivity index (χ4v) is 3.92. The Kier molecular flexibility index (Phi) is 4.72. The molecule has 0 saturated carbocycles. The molecule has 3 aromatic rings. The van der Waals surface area contributed by atoms with E-state index in [2.05, 4.69) is 34.2 Å². The van der Waals surface area contributed by atoms with E-state index in [1.807, 2.05) is 18.2 Å². The van der Waals surface area contributed by atoms with Crippen molar-refractivity contribution in [2.75, 3.05) is 0 Å². The van der Waals surface area contributed by atoms with Gasteiger partial charge in [0.15, 0.2) is 4.80 Å². The third-order valence-electron chi connectivity index (χ3n) is 3.26. The Labute approximate surface area is 149 Å². The Morgan fingerprint density at radius 2 is 2.09 bits per heavy atom. The highest BCUT2D eigenvalue weighted by atomic mass is 127. The van der Waals surface area contributed by atoms with Crippen LogP contribution in [0.5, 0.6) is 0 Å². The number of para-hydroxylation sites is 1. The predicted octanol–water partition coefficient (Wildman–Crippen LogP) is 4.37. The van der Waals surface area contributed by atoms with Gasteiger partial charge in [-0.25, -0.2) is 4.39 Å². The minimum atomic E-state index is -0.334. The zero-order valence-corrected chi connectivity index (χ0v) is 15.0. The maximum absolute atomic E-state index is 14.1. The van der Waals surface area contributed by atoms with Gasteiger partial charge in [0.25, 0.3) is 5.91 Å². The highest BCUT2D eigenvalue weighted by molar-refractivity contribution is 14.1. The number of hydrogen-bond acceptors (Lipinski definition) is 2. The Morgan fingerprint density at radius 3 is 2.83 bits per heavy atom. The smallest absolute Gasteiger partial charge is 0.280 e. The molecule has 6 heteroatoms. The molecule has 1 aromatic heterocycles. The first kappa shape index (κ1) is 16.1. The van der Waals surface area contributed by atoms with Crippen molar-refractivity contribution in [2.24, 2.45) is 4.99 Å². The highest BCUT2D eigenvalue weighted by Crippen LogP contribution is 2.20. The van der Waals surface area contributed by atoms with E-state index in [0.29, 0.717) is 22.4 Å². The monoisotopic (exact) mass is 438 g/mol. The molecule has 2 aromatic carbocycles. The summed E-state index contributed by atoms with van der Waals surface area (Å²) in [6, 6.07) is 12.1. The van der Waals surface area contributed by atoms with Gasteiger partial charge in [0.05, 0.1) is 15.8 Å². The third kappa shape index (κ3) is 3.13. The van der Waals surface area contributed by atoms with Gasteiger partial charge in [-0.3, -0.25) is 4.79 Å². The van der Waals surface area contributed by atoms with Gasteiger partial charge in [0.2, 0.25) is 0 Å². The molecular formula is C17H12FIN2OS. The summed E-state index contributed by atoms with van der Waals surface area (Å²) in [5.41, 5.74) is 0.989. The zero-order chi connectivity index (χ0) is 16.4. The summed E-state index contributed by atoms with van der Waals surface area (Å²) in [5.74, 6) is -0.663. The van der Waals surface area contributed by atoms with E-state index >= 15 is 0 Å². The molecule has 0 saturated heterocycles. The van der Waals surface area contributed by atoms with Gasteiger partial charge in [-0.1, -0.05) is 35.6 Å². The molecule has 1 heterocycles. The Balaban J connectivity index is 2.21. The van der Waals surface area contributed by atoms with E-state index in [4.69, 9.17) is 0 Å². The number of thiazole rings is 1. The molecule has 3 nitrogen and oxygen atoms in total. The van der Waals surface area contributed by atoms with Crippen LogP contribution in [0.1, 0.15) is 10.4 Å². The molecule has 1 amide bonds. The summed E-state index contributed by atoms with van der Waals surface area (Å²) in [6.07, 6.45) is 1.66. The van der Waals surface area contributed by atoms with Crippen LogP contribution in [0.4, 0.5) is 4.39 Å². The number of allylic oxidation sites excluding steroid dienone is 1. The summed E-state index contributed by atoms with van der Waals surface area (Å²) in [4.78, 5) is 17.1. The lowest BCUT2D eigenvalue weighted by atomic mass is 10.2. The number of halogens is 2. The van der Waals surface area contributed by atoms with Crippen LogP contribution in [0.25, 0.3) is 10.2 Å². The van der Waals surface area contributed by atoms with E-state index in [1.165, 1.54) is 17.4 Å². The van der Waals surface area contributed by atoms with E-state index in [1.54, 1.807) is 28.8 Å². The molecule has 0 atom stereocenters. The third-order valence-corrected chi connectivity index (χ3v) is 5.25. The van der Waals surface area contributed by atoms with Gasteiger partial charge in [-0.05, 0) is 46.9 Å².